The number of carbonyl (C=O) groups is 1. The predicted octanol–water partition coefficient (Wildman–Crippen LogP) is 0.0583. The summed E-state index contributed by atoms with van der Waals surface area (Å²) in [5, 5.41) is 9.56. The molecule has 104 valence electrons. The Labute approximate surface area is 119 Å². The lowest BCUT2D eigenvalue weighted by molar-refractivity contribution is -0.121. The monoisotopic (exact) mass is 348 g/mol. The van der Waals surface area contributed by atoms with Crippen molar-refractivity contribution in [2.45, 2.75) is 23.5 Å². The number of aliphatic hydroxyl groups is 1. The minimum absolute atomic E-state index is 0.0303. The lowest BCUT2D eigenvalue weighted by Gasteiger charge is -2.21. The van der Waals surface area contributed by atoms with Crippen LogP contribution in [-0.2, 0) is 14.8 Å². The van der Waals surface area contributed by atoms with Gasteiger partial charge in [-0.1, -0.05) is 22.0 Å². The molecule has 0 saturated carbocycles. The highest BCUT2D eigenvalue weighted by atomic mass is 79.9. The Balaban J connectivity index is 2.41. The van der Waals surface area contributed by atoms with Crippen molar-refractivity contribution in [3.8, 4) is 0 Å². The number of rotatable bonds is 3. The van der Waals surface area contributed by atoms with E-state index in [0.29, 0.717) is 4.47 Å². The van der Waals surface area contributed by atoms with E-state index in [1.807, 2.05) is 0 Å². The van der Waals surface area contributed by atoms with Crippen molar-refractivity contribution in [1.29, 1.82) is 0 Å². The SMILES string of the molecule is NC(=O)C1CC(O)CN1S(=O)(=O)c1cccc(Br)c1. The summed E-state index contributed by atoms with van der Waals surface area (Å²) in [6.45, 7) is -0.123. The van der Waals surface area contributed by atoms with Crippen LogP contribution in [0.3, 0.4) is 0 Å². The first kappa shape index (κ1) is 14.4. The van der Waals surface area contributed by atoms with E-state index in [1.54, 1.807) is 12.1 Å². The van der Waals surface area contributed by atoms with Crippen LogP contribution in [0.25, 0.3) is 0 Å². The number of nitrogens with two attached hydrogens (primary N) is 1. The number of hydrogen-bond donors (Lipinski definition) is 2. The lowest BCUT2D eigenvalue weighted by atomic mass is 10.2. The van der Waals surface area contributed by atoms with E-state index in [2.05, 4.69) is 15.9 Å². The minimum Gasteiger partial charge on any atom is -0.392 e. The van der Waals surface area contributed by atoms with Gasteiger partial charge < -0.3 is 10.8 Å². The molecule has 0 bridgehead atoms. The molecule has 1 aromatic rings. The maximum absolute atomic E-state index is 12.4. The Bertz CT molecular complexity index is 604. The standard InChI is InChI=1S/C11H13BrN2O4S/c12-7-2-1-3-9(4-7)19(17,18)14-6-8(15)5-10(14)11(13)16/h1-4,8,10,15H,5-6H2,(H2,13,16). The average Bonchev–Trinajstić information content (AvgIpc) is 2.72. The molecular weight excluding hydrogens is 336 g/mol. The summed E-state index contributed by atoms with van der Waals surface area (Å²) in [6.07, 6.45) is -0.845. The van der Waals surface area contributed by atoms with Gasteiger partial charge in [0.2, 0.25) is 15.9 Å². The molecule has 1 aliphatic heterocycles. The normalized spacial score (nSPS) is 24.5. The van der Waals surface area contributed by atoms with Crippen molar-refractivity contribution in [2.75, 3.05) is 6.54 Å². The van der Waals surface area contributed by atoms with Crippen LogP contribution >= 0.6 is 15.9 Å². The summed E-state index contributed by atoms with van der Waals surface area (Å²) in [6, 6.07) is 5.16. The molecule has 1 heterocycles. The van der Waals surface area contributed by atoms with Crippen LogP contribution in [0, 0.1) is 0 Å². The van der Waals surface area contributed by atoms with Crippen molar-refractivity contribution in [2.24, 2.45) is 5.73 Å². The van der Waals surface area contributed by atoms with E-state index < -0.39 is 28.1 Å². The summed E-state index contributed by atoms with van der Waals surface area (Å²) in [7, 11) is -3.85. The minimum atomic E-state index is -3.85. The average molecular weight is 349 g/mol. The first-order valence-electron chi connectivity index (χ1n) is 5.57. The highest BCUT2D eigenvalue weighted by Crippen LogP contribution is 2.27. The highest BCUT2D eigenvalue weighted by Gasteiger charge is 2.42. The summed E-state index contributed by atoms with van der Waals surface area (Å²) in [4.78, 5) is 11.4. The number of primary amides is 1. The van der Waals surface area contributed by atoms with Crippen molar-refractivity contribution >= 4 is 31.9 Å². The van der Waals surface area contributed by atoms with Gasteiger partial charge in [0, 0.05) is 17.4 Å². The smallest absolute Gasteiger partial charge is 0.243 e. The van der Waals surface area contributed by atoms with Gasteiger partial charge in [-0.25, -0.2) is 8.42 Å². The number of halogens is 1. The predicted molar refractivity (Wildman–Crippen MR) is 71.6 cm³/mol. The molecule has 1 aliphatic rings. The van der Waals surface area contributed by atoms with E-state index >= 15 is 0 Å². The second-order valence-corrected chi connectivity index (χ2v) is 7.15. The zero-order valence-corrected chi connectivity index (χ0v) is 12.3. The van der Waals surface area contributed by atoms with Crippen LogP contribution in [0.5, 0.6) is 0 Å². The Hall–Kier alpha value is -0.960. The molecular formula is C11H13BrN2O4S. The number of aliphatic hydroxyl groups excluding tert-OH is 1. The first-order chi connectivity index (χ1) is 8.82. The molecule has 3 N–H and O–H groups in total. The molecule has 19 heavy (non-hydrogen) atoms. The molecule has 1 amide bonds. The molecule has 1 saturated heterocycles. The molecule has 6 nitrogen and oxygen atoms in total. The Morgan fingerprint density at radius 1 is 1.47 bits per heavy atom. The van der Waals surface area contributed by atoms with E-state index in [9.17, 15) is 18.3 Å². The van der Waals surface area contributed by atoms with Crippen LogP contribution in [-0.4, -0.2) is 42.4 Å². The summed E-state index contributed by atoms with van der Waals surface area (Å²) >= 11 is 3.20. The third kappa shape index (κ3) is 2.81. The van der Waals surface area contributed by atoms with Gasteiger partial charge in [0.15, 0.2) is 0 Å². The lowest BCUT2D eigenvalue weighted by Crippen LogP contribution is -2.43. The van der Waals surface area contributed by atoms with Gasteiger partial charge in [-0.3, -0.25) is 4.79 Å². The molecule has 0 aliphatic carbocycles. The van der Waals surface area contributed by atoms with Gasteiger partial charge in [0.25, 0.3) is 0 Å². The van der Waals surface area contributed by atoms with Gasteiger partial charge in [-0.05, 0) is 18.2 Å². The van der Waals surface area contributed by atoms with Crippen molar-refractivity contribution < 1.29 is 18.3 Å². The van der Waals surface area contributed by atoms with E-state index in [4.69, 9.17) is 5.73 Å². The fraction of sp³-hybridized carbons (Fsp3) is 0.364. The number of benzene rings is 1. The van der Waals surface area contributed by atoms with Crippen molar-refractivity contribution in [1.82, 2.24) is 4.31 Å². The van der Waals surface area contributed by atoms with E-state index in [1.165, 1.54) is 12.1 Å². The van der Waals surface area contributed by atoms with Gasteiger partial charge in [-0.15, -0.1) is 0 Å². The number of nitrogens with zero attached hydrogens (tertiary/aromatic N) is 1. The summed E-state index contributed by atoms with van der Waals surface area (Å²) in [5.74, 6) is -0.755. The topological polar surface area (TPSA) is 101 Å². The molecule has 0 radical (unpaired) electrons. The molecule has 8 heteroatoms. The zero-order valence-electron chi connectivity index (χ0n) is 9.86. The van der Waals surface area contributed by atoms with Crippen LogP contribution in [0.4, 0.5) is 0 Å². The molecule has 0 aromatic heterocycles. The van der Waals surface area contributed by atoms with Crippen LogP contribution in [0.1, 0.15) is 6.42 Å². The Morgan fingerprint density at radius 2 is 2.16 bits per heavy atom. The maximum Gasteiger partial charge on any atom is 0.243 e. The molecule has 1 aromatic carbocycles. The van der Waals surface area contributed by atoms with Gasteiger partial charge in [0.1, 0.15) is 6.04 Å². The third-order valence-electron chi connectivity index (χ3n) is 2.96. The quantitative estimate of drug-likeness (QED) is 0.806. The van der Waals surface area contributed by atoms with Crippen molar-refractivity contribution in [3.05, 3.63) is 28.7 Å². The Morgan fingerprint density at radius 3 is 2.74 bits per heavy atom. The van der Waals surface area contributed by atoms with Gasteiger partial charge in [-0.2, -0.15) is 4.31 Å². The van der Waals surface area contributed by atoms with E-state index in [0.717, 1.165) is 4.31 Å². The number of amides is 1. The van der Waals surface area contributed by atoms with Gasteiger partial charge in [0.05, 0.1) is 11.0 Å². The molecule has 2 atom stereocenters. The molecule has 2 unspecified atom stereocenters. The maximum atomic E-state index is 12.4. The first-order valence-corrected chi connectivity index (χ1v) is 7.80. The fourth-order valence-electron chi connectivity index (χ4n) is 2.07. The highest BCUT2D eigenvalue weighted by molar-refractivity contribution is 9.10. The number of hydrogen-bond acceptors (Lipinski definition) is 4. The second-order valence-electron chi connectivity index (χ2n) is 4.34. The molecule has 0 spiro atoms. The summed E-state index contributed by atoms with van der Waals surface area (Å²) < 4.78 is 26.4. The van der Waals surface area contributed by atoms with Crippen LogP contribution < -0.4 is 5.73 Å². The Kier molecular flexibility index (Phi) is 3.95. The second kappa shape index (κ2) is 5.20. The number of carbonyl (C=O) groups excluding carboxylic acids is 1. The largest absolute Gasteiger partial charge is 0.392 e. The zero-order chi connectivity index (χ0) is 14.2. The van der Waals surface area contributed by atoms with Crippen LogP contribution in [0.2, 0.25) is 0 Å². The molecule has 1 fully saturated rings. The van der Waals surface area contributed by atoms with Crippen molar-refractivity contribution in [3.63, 3.8) is 0 Å². The summed E-state index contributed by atoms with van der Waals surface area (Å²) in [5.41, 5.74) is 5.19. The van der Waals surface area contributed by atoms with E-state index in [-0.39, 0.29) is 17.9 Å². The van der Waals surface area contributed by atoms with Crippen LogP contribution in [0.15, 0.2) is 33.6 Å². The van der Waals surface area contributed by atoms with Gasteiger partial charge >= 0.3 is 0 Å². The fourth-order valence-corrected chi connectivity index (χ4v) is 4.31. The number of β-amino-alcohol motifs (C(OH)–C–C–N with tert-alkyl or cyclic N) is 1. The third-order valence-corrected chi connectivity index (χ3v) is 5.33. The molecule has 2 rings (SSSR count). The number of sulfonamides is 1.